The normalized spacial score (nSPS) is 18.4. The molecule has 2 fully saturated rings. The molecule has 4 aliphatic rings. The number of nitrogens with zero attached hydrogens (tertiary/aromatic N) is 3. The fourth-order valence-corrected chi connectivity index (χ4v) is 7.97. The molecule has 3 aromatic rings. The van der Waals surface area contributed by atoms with E-state index in [9.17, 15) is 19.2 Å². The Labute approximate surface area is 294 Å². The van der Waals surface area contributed by atoms with Gasteiger partial charge in [-0.3, -0.25) is 19.3 Å². The monoisotopic (exact) mass is 677 g/mol. The maximum atomic E-state index is 13.0. The molecule has 4 amide bonds. The van der Waals surface area contributed by atoms with E-state index in [1.807, 2.05) is 34.1 Å². The minimum Gasteiger partial charge on any atom is -0.449 e. The van der Waals surface area contributed by atoms with Gasteiger partial charge >= 0.3 is 6.09 Å². The van der Waals surface area contributed by atoms with Gasteiger partial charge in [-0.25, -0.2) is 4.79 Å². The molecular weight excluding hydrogens is 630 g/mol. The maximum absolute atomic E-state index is 13.0. The second-order valence-electron chi connectivity index (χ2n) is 14.0. The first-order valence-corrected chi connectivity index (χ1v) is 18.2. The molecule has 0 bridgehead atoms. The molecule has 0 saturated carbocycles. The van der Waals surface area contributed by atoms with Crippen LogP contribution in [0.2, 0.25) is 0 Å². The van der Waals surface area contributed by atoms with Crippen LogP contribution in [0.25, 0.3) is 11.1 Å². The van der Waals surface area contributed by atoms with E-state index in [1.165, 1.54) is 38.9 Å². The number of hydrogen-bond donors (Lipinski definition) is 2. The Morgan fingerprint density at radius 2 is 1.54 bits per heavy atom. The summed E-state index contributed by atoms with van der Waals surface area (Å²) in [5.74, 6) is 0.0763. The molecule has 7 rings (SSSR count). The SMILES string of the molecule is O=C(NCCCCCC(=O)N1CCN(Cc2cccc3c2CN(C(=O)CC2CCNC2=O)C3)CC1)OCC1c2ccccc2-c2ccccc21. The maximum Gasteiger partial charge on any atom is 0.407 e. The number of amides is 4. The topological polar surface area (TPSA) is 111 Å². The van der Waals surface area contributed by atoms with Crippen molar-refractivity contribution in [1.29, 1.82) is 0 Å². The lowest BCUT2D eigenvalue weighted by molar-refractivity contribution is -0.135. The Bertz CT molecular complexity index is 1690. The zero-order chi connectivity index (χ0) is 34.5. The van der Waals surface area contributed by atoms with E-state index >= 15 is 0 Å². The van der Waals surface area contributed by atoms with E-state index < -0.39 is 6.09 Å². The second kappa shape index (κ2) is 15.5. The third-order valence-electron chi connectivity index (χ3n) is 10.8. The number of piperazine rings is 1. The molecule has 1 atom stereocenters. The molecule has 3 heterocycles. The quantitative estimate of drug-likeness (QED) is 0.267. The third-order valence-corrected chi connectivity index (χ3v) is 10.8. The van der Waals surface area contributed by atoms with Crippen molar-refractivity contribution in [3.8, 4) is 11.1 Å². The fourth-order valence-electron chi connectivity index (χ4n) is 7.97. The number of unbranched alkanes of at least 4 members (excludes halogenated alkanes) is 2. The van der Waals surface area contributed by atoms with Crippen LogP contribution in [0, 0.1) is 5.92 Å². The highest BCUT2D eigenvalue weighted by Crippen LogP contribution is 2.44. The number of rotatable bonds is 12. The van der Waals surface area contributed by atoms with Crippen molar-refractivity contribution in [2.45, 2.75) is 64.1 Å². The summed E-state index contributed by atoms with van der Waals surface area (Å²) in [6.45, 7) is 6.55. The first-order valence-electron chi connectivity index (χ1n) is 18.2. The lowest BCUT2D eigenvalue weighted by atomic mass is 9.98. The summed E-state index contributed by atoms with van der Waals surface area (Å²) in [6, 6.07) is 22.9. The Morgan fingerprint density at radius 1 is 0.800 bits per heavy atom. The van der Waals surface area contributed by atoms with Crippen molar-refractivity contribution >= 4 is 23.8 Å². The Morgan fingerprint density at radius 3 is 2.26 bits per heavy atom. The van der Waals surface area contributed by atoms with E-state index in [0.717, 1.165) is 45.3 Å². The van der Waals surface area contributed by atoms with Crippen molar-refractivity contribution in [2.24, 2.45) is 5.92 Å². The van der Waals surface area contributed by atoms with Crippen LogP contribution >= 0.6 is 0 Å². The summed E-state index contributed by atoms with van der Waals surface area (Å²) in [4.78, 5) is 56.6. The van der Waals surface area contributed by atoms with Crippen LogP contribution in [0.4, 0.5) is 4.79 Å². The van der Waals surface area contributed by atoms with Crippen molar-refractivity contribution in [3.63, 3.8) is 0 Å². The fraction of sp³-hybridized carbons (Fsp3) is 0.450. The van der Waals surface area contributed by atoms with Crippen molar-refractivity contribution in [3.05, 3.63) is 94.5 Å². The van der Waals surface area contributed by atoms with Gasteiger partial charge in [0.2, 0.25) is 17.7 Å². The van der Waals surface area contributed by atoms with Gasteiger partial charge in [-0.2, -0.15) is 0 Å². The number of alkyl carbamates (subject to hydrolysis) is 1. The summed E-state index contributed by atoms with van der Waals surface area (Å²) < 4.78 is 5.63. The Hall–Kier alpha value is -4.70. The lowest BCUT2D eigenvalue weighted by Gasteiger charge is -2.35. The summed E-state index contributed by atoms with van der Waals surface area (Å²) in [6.07, 6.45) is 3.58. The zero-order valence-corrected chi connectivity index (χ0v) is 28.7. The van der Waals surface area contributed by atoms with Gasteiger partial charge in [-0.15, -0.1) is 0 Å². The summed E-state index contributed by atoms with van der Waals surface area (Å²) >= 11 is 0. The number of hydrogen-bond acceptors (Lipinski definition) is 6. The van der Waals surface area contributed by atoms with Crippen LogP contribution in [0.15, 0.2) is 66.7 Å². The second-order valence-corrected chi connectivity index (χ2v) is 14.0. The largest absolute Gasteiger partial charge is 0.449 e. The van der Waals surface area contributed by atoms with Gasteiger partial charge in [0.1, 0.15) is 6.61 Å². The Balaban J connectivity index is 0.772. The number of benzene rings is 3. The smallest absolute Gasteiger partial charge is 0.407 e. The van der Waals surface area contributed by atoms with Crippen molar-refractivity contribution < 1.29 is 23.9 Å². The molecular formula is C40H47N5O5. The molecule has 262 valence electrons. The van der Waals surface area contributed by atoms with Gasteiger partial charge in [0.15, 0.2) is 0 Å². The van der Waals surface area contributed by atoms with Crippen molar-refractivity contribution in [2.75, 3.05) is 45.9 Å². The van der Waals surface area contributed by atoms with Gasteiger partial charge in [-0.1, -0.05) is 73.2 Å². The molecule has 10 heteroatoms. The summed E-state index contributed by atoms with van der Waals surface area (Å²) in [5, 5.41) is 5.70. The number of carbonyl (C=O) groups is 4. The molecule has 2 N–H and O–H groups in total. The molecule has 3 aromatic carbocycles. The highest BCUT2D eigenvalue weighted by atomic mass is 16.5. The highest BCUT2D eigenvalue weighted by Gasteiger charge is 2.32. The highest BCUT2D eigenvalue weighted by molar-refractivity contribution is 5.87. The molecule has 10 nitrogen and oxygen atoms in total. The summed E-state index contributed by atoms with van der Waals surface area (Å²) in [7, 11) is 0. The molecule has 1 unspecified atom stereocenters. The molecule has 50 heavy (non-hydrogen) atoms. The van der Waals surface area contributed by atoms with E-state index in [1.54, 1.807) is 0 Å². The average Bonchev–Trinajstić information content (AvgIpc) is 3.85. The standard InChI is InChI=1S/C40H47N5O5/c46-37(15-2-1-7-17-42-40(49)50-27-36-33-13-5-3-11-31(33)32-12-4-6-14-34(32)36)44-21-19-43(20-22-44)24-29-9-8-10-30-25-45(26-35(29)30)38(47)23-28-16-18-41-39(28)48/h3-6,8-14,28,36H,1-2,7,15-27H2,(H,41,48)(H,42,49). The summed E-state index contributed by atoms with van der Waals surface area (Å²) in [5.41, 5.74) is 8.46. The molecule has 0 radical (unpaired) electrons. The number of nitrogens with one attached hydrogen (secondary N) is 2. The first kappa shape index (κ1) is 33.8. The molecule has 0 spiro atoms. The Kier molecular flexibility index (Phi) is 10.4. The van der Waals surface area contributed by atoms with Gasteiger partial charge in [0, 0.05) is 83.6 Å². The molecule has 1 aliphatic carbocycles. The van der Waals surface area contributed by atoms with Crippen LogP contribution in [0.1, 0.15) is 72.3 Å². The predicted octanol–water partition coefficient (Wildman–Crippen LogP) is 4.80. The third kappa shape index (κ3) is 7.55. The lowest BCUT2D eigenvalue weighted by Crippen LogP contribution is -2.48. The first-order chi connectivity index (χ1) is 24.4. The average molecular weight is 678 g/mol. The van der Waals surface area contributed by atoms with Crippen LogP contribution in [0.5, 0.6) is 0 Å². The minimum absolute atomic E-state index is 0.00556. The van der Waals surface area contributed by atoms with Crippen LogP contribution in [0.3, 0.4) is 0 Å². The number of carbonyl (C=O) groups excluding carboxylic acids is 4. The van der Waals surface area contributed by atoms with E-state index in [-0.39, 0.29) is 36.0 Å². The van der Waals surface area contributed by atoms with Crippen LogP contribution in [-0.4, -0.2) is 84.4 Å². The number of fused-ring (bicyclic) bond motifs is 4. The predicted molar refractivity (Wildman–Crippen MR) is 190 cm³/mol. The number of ether oxygens (including phenoxy) is 1. The van der Waals surface area contributed by atoms with Crippen LogP contribution in [-0.2, 0) is 38.8 Å². The molecule has 0 aromatic heterocycles. The molecule has 3 aliphatic heterocycles. The van der Waals surface area contributed by atoms with E-state index in [4.69, 9.17) is 4.74 Å². The molecule has 2 saturated heterocycles. The van der Waals surface area contributed by atoms with Gasteiger partial charge in [0.25, 0.3) is 0 Å². The van der Waals surface area contributed by atoms with Crippen molar-refractivity contribution in [1.82, 2.24) is 25.3 Å². The van der Waals surface area contributed by atoms with Gasteiger partial charge in [0.05, 0.1) is 0 Å². The van der Waals surface area contributed by atoms with Crippen LogP contribution < -0.4 is 10.6 Å². The van der Waals surface area contributed by atoms with Gasteiger partial charge < -0.3 is 25.2 Å². The van der Waals surface area contributed by atoms with E-state index in [0.29, 0.717) is 52.3 Å². The van der Waals surface area contributed by atoms with Gasteiger partial charge in [-0.05, 0) is 58.2 Å². The van der Waals surface area contributed by atoms with E-state index in [2.05, 4.69) is 58.0 Å². The zero-order valence-electron chi connectivity index (χ0n) is 28.7. The minimum atomic E-state index is -0.401.